The number of imidazole rings is 1. The minimum atomic E-state index is -0.0333. The van der Waals surface area contributed by atoms with Gasteiger partial charge in [-0.05, 0) is 76.9 Å². The molecule has 1 aromatic carbocycles. The average molecular weight is 438 g/mol. The molecule has 0 unspecified atom stereocenters. The monoisotopic (exact) mass is 437 g/mol. The van der Waals surface area contributed by atoms with Crippen LogP contribution in [0, 0.1) is 6.92 Å². The van der Waals surface area contributed by atoms with E-state index >= 15 is 0 Å². The molecule has 0 atom stereocenters. The Bertz CT molecular complexity index is 924. The highest BCUT2D eigenvalue weighted by Gasteiger charge is 2.28. The molecule has 0 radical (unpaired) electrons. The summed E-state index contributed by atoms with van der Waals surface area (Å²) < 4.78 is 1.98. The van der Waals surface area contributed by atoms with Crippen LogP contribution in [0.2, 0.25) is 0 Å². The van der Waals surface area contributed by atoms with Crippen LogP contribution in [0.15, 0.2) is 31.1 Å². The summed E-state index contributed by atoms with van der Waals surface area (Å²) in [6.07, 6.45) is 11.0. The Kier molecular flexibility index (Phi) is 8.13. The SMILES string of the molecule is C=Cc1cc(C(=O)NCCc2nccn2C)c(C)c(N(CC)[C@H]2CC[C@H](N(C)C)CC2)c1. The number of nitrogens with one attached hydrogen (secondary N) is 1. The summed E-state index contributed by atoms with van der Waals surface area (Å²) in [6.45, 7) is 9.74. The lowest BCUT2D eigenvalue weighted by Gasteiger charge is -2.40. The van der Waals surface area contributed by atoms with Gasteiger partial charge in [0.05, 0.1) is 0 Å². The van der Waals surface area contributed by atoms with E-state index in [0.717, 1.165) is 34.7 Å². The van der Waals surface area contributed by atoms with Gasteiger partial charge >= 0.3 is 0 Å². The van der Waals surface area contributed by atoms with Crippen LogP contribution in [-0.4, -0.2) is 59.6 Å². The van der Waals surface area contributed by atoms with Crippen LogP contribution in [-0.2, 0) is 13.5 Å². The van der Waals surface area contributed by atoms with E-state index in [1.807, 2.05) is 30.0 Å². The maximum atomic E-state index is 13.1. The van der Waals surface area contributed by atoms with E-state index in [9.17, 15) is 4.79 Å². The van der Waals surface area contributed by atoms with Crippen molar-refractivity contribution in [1.29, 1.82) is 0 Å². The lowest BCUT2D eigenvalue weighted by atomic mass is 9.88. The number of nitrogens with zero attached hydrogens (tertiary/aromatic N) is 4. The first kappa shape index (κ1) is 24.1. The summed E-state index contributed by atoms with van der Waals surface area (Å²) in [5.74, 6) is 0.932. The van der Waals surface area contributed by atoms with Gasteiger partial charge in [-0.2, -0.15) is 0 Å². The lowest BCUT2D eigenvalue weighted by Crippen LogP contribution is -2.42. The molecule has 1 aromatic heterocycles. The maximum absolute atomic E-state index is 13.1. The van der Waals surface area contributed by atoms with E-state index in [0.29, 0.717) is 25.0 Å². The Morgan fingerprint density at radius 1 is 1.25 bits per heavy atom. The molecule has 2 aromatic rings. The summed E-state index contributed by atoms with van der Waals surface area (Å²) in [6, 6.07) is 5.33. The van der Waals surface area contributed by atoms with Gasteiger partial charge in [0.25, 0.3) is 5.91 Å². The topological polar surface area (TPSA) is 53.4 Å². The number of aryl methyl sites for hydroxylation is 1. The normalized spacial score (nSPS) is 18.6. The molecule has 3 rings (SSSR count). The molecule has 1 aliphatic carbocycles. The molecule has 1 saturated carbocycles. The molecule has 1 amide bonds. The summed E-state index contributed by atoms with van der Waals surface area (Å²) in [5.41, 5.74) is 3.92. The standard InChI is InChI=1S/C26H39N5O/c1-7-20-17-23(26(32)28-14-13-25-27-15-16-30(25)6)19(3)24(18-20)31(8-2)22-11-9-21(10-12-22)29(4)5/h7,15-18,21-22H,1,8-14H2,2-6H3,(H,28,32)/t21-,22-. The Labute approximate surface area is 193 Å². The van der Waals surface area contributed by atoms with Gasteiger partial charge in [0, 0.05) is 62.3 Å². The number of hydrogen-bond acceptors (Lipinski definition) is 4. The molecule has 0 aliphatic heterocycles. The van der Waals surface area contributed by atoms with Crippen molar-refractivity contribution < 1.29 is 4.79 Å². The fraction of sp³-hybridized carbons (Fsp3) is 0.538. The number of benzene rings is 1. The van der Waals surface area contributed by atoms with Crippen molar-refractivity contribution in [3.63, 3.8) is 0 Å². The second-order valence-corrected chi connectivity index (χ2v) is 9.09. The number of anilines is 1. The summed E-state index contributed by atoms with van der Waals surface area (Å²) in [4.78, 5) is 22.3. The van der Waals surface area contributed by atoms with Crippen LogP contribution in [0.25, 0.3) is 6.08 Å². The molecule has 174 valence electrons. The minimum absolute atomic E-state index is 0.0333. The maximum Gasteiger partial charge on any atom is 0.251 e. The number of aromatic nitrogens is 2. The molecule has 0 spiro atoms. The Morgan fingerprint density at radius 2 is 1.94 bits per heavy atom. The zero-order chi connectivity index (χ0) is 23.3. The van der Waals surface area contributed by atoms with Crippen LogP contribution >= 0.6 is 0 Å². The molecule has 32 heavy (non-hydrogen) atoms. The largest absolute Gasteiger partial charge is 0.369 e. The number of amides is 1. The van der Waals surface area contributed by atoms with Crippen LogP contribution in [0.1, 0.15) is 59.9 Å². The highest BCUT2D eigenvalue weighted by Crippen LogP contribution is 2.33. The molecule has 1 aliphatic rings. The molecule has 1 N–H and O–H groups in total. The van der Waals surface area contributed by atoms with Gasteiger partial charge in [-0.25, -0.2) is 4.98 Å². The highest BCUT2D eigenvalue weighted by molar-refractivity contribution is 5.98. The predicted molar refractivity (Wildman–Crippen MR) is 133 cm³/mol. The zero-order valence-corrected chi connectivity index (χ0v) is 20.4. The van der Waals surface area contributed by atoms with Crippen molar-refractivity contribution in [2.24, 2.45) is 7.05 Å². The Morgan fingerprint density at radius 3 is 2.50 bits per heavy atom. The van der Waals surface area contributed by atoms with Crippen molar-refractivity contribution in [1.82, 2.24) is 19.8 Å². The number of carbonyl (C=O) groups excluding carboxylic acids is 1. The number of rotatable bonds is 9. The van der Waals surface area contributed by atoms with E-state index in [-0.39, 0.29) is 5.91 Å². The summed E-state index contributed by atoms with van der Waals surface area (Å²) in [5, 5.41) is 3.09. The smallest absolute Gasteiger partial charge is 0.251 e. The number of carbonyl (C=O) groups is 1. The molecular weight excluding hydrogens is 398 g/mol. The van der Waals surface area contributed by atoms with E-state index in [2.05, 4.69) is 60.7 Å². The first-order valence-corrected chi connectivity index (χ1v) is 11.8. The molecule has 1 heterocycles. The minimum Gasteiger partial charge on any atom is -0.369 e. The second kappa shape index (κ2) is 10.8. The predicted octanol–water partition coefficient (Wildman–Crippen LogP) is 4.04. The third-order valence-electron chi connectivity index (χ3n) is 6.93. The molecule has 6 heteroatoms. The fourth-order valence-corrected chi connectivity index (χ4v) is 4.90. The van der Waals surface area contributed by atoms with Crippen molar-refractivity contribution in [3.05, 3.63) is 53.6 Å². The van der Waals surface area contributed by atoms with Crippen molar-refractivity contribution in [3.8, 4) is 0 Å². The lowest BCUT2D eigenvalue weighted by molar-refractivity contribution is 0.0953. The molecule has 0 bridgehead atoms. The van der Waals surface area contributed by atoms with Crippen LogP contribution in [0.3, 0.4) is 0 Å². The van der Waals surface area contributed by atoms with E-state index in [1.165, 1.54) is 25.7 Å². The van der Waals surface area contributed by atoms with Crippen molar-refractivity contribution in [2.75, 3.05) is 32.1 Å². The third-order valence-corrected chi connectivity index (χ3v) is 6.93. The first-order valence-electron chi connectivity index (χ1n) is 11.8. The van der Waals surface area contributed by atoms with Crippen molar-refractivity contribution >= 4 is 17.7 Å². The van der Waals surface area contributed by atoms with E-state index < -0.39 is 0 Å². The molecule has 1 fully saturated rings. The van der Waals surface area contributed by atoms with Gasteiger partial charge in [0.2, 0.25) is 0 Å². The van der Waals surface area contributed by atoms with Gasteiger partial charge in [-0.3, -0.25) is 4.79 Å². The zero-order valence-electron chi connectivity index (χ0n) is 20.4. The molecule has 0 saturated heterocycles. The highest BCUT2D eigenvalue weighted by atomic mass is 16.1. The molecule has 6 nitrogen and oxygen atoms in total. The van der Waals surface area contributed by atoms with Crippen LogP contribution < -0.4 is 10.2 Å². The Balaban J connectivity index is 1.77. The summed E-state index contributed by atoms with van der Waals surface area (Å²) in [7, 11) is 6.33. The average Bonchev–Trinajstić information content (AvgIpc) is 3.20. The van der Waals surface area contributed by atoms with Gasteiger partial charge < -0.3 is 19.7 Å². The van der Waals surface area contributed by atoms with Gasteiger partial charge in [0.15, 0.2) is 0 Å². The first-order chi connectivity index (χ1) is 15.3. The van der Waals surface area contributed by atoms with Gasteiger partial charge in [0.1, 0.15) is 5.82 Å². The second-order valence-electron chi connectivity index (χ2n) is 9.09. The van der Waals surface area contributed by atoms with Crippen LogP contribution in [0.5, 0.6) is 0 Å². The Hall–Kier alpha value is -2.60. The van der Waals surface area contributed by atoms with Gasteiger partial charge in [-0.15, -0.1) is 0 Å². The van der Waals surface area contributed by atoms with Crippen molar-refractivity contribution in [2.45, 2.75) is 58.0 Å². The fourth-order valence-electron chi connectivity index (χ4n) is 4.90. The van der Waals surface area contributed by atoms with E-state index in [4.69, 9.17) is 0 Å². The summed E-state index contributed by atoms with van der Waals surface area (Å²) >= 11 is 0. The quantitative estimate of drug-likeness (QED) is 0.643. The molecular formula is C26H39N5O. The number of hydrogen-bond donors (Lipinski definition) is 1. The van der Waals surface area contributed by atoms with Crippen LogP contribution in [0.4, 0.5) is 5.69 Å². The third kappa shape index (κ3) is 5.41. The van der Waals surface area contributed by atoms with E-state index in [1.54, 1.807) is 6.20 Å². The van der Waals surface area contributed by atoms with Gasteiger partial charge in [-0.1, -0.05) is 12.7 Å².